The molecule has 2 heterocycles. The van der Waals surface area contributed by atoms with Gasteiger partial charge in [-0.2, -0.15) is 0 Å². The number of anilines is 1. The number of amides is 1. The van der Waals surface area contributed by atoms with Crippen LogP contribution >= 0.6 is 0 Å². The summed E-state index contributed by atoms with van der Waals surface area (Å²) in [6, 6.07) is 7.83. The summed E-state index contributed by atoms with van der Waals surface area (Å²) in [6.45, 7) is 1.66. The van der Waals surface area contributed by atoms with E-state index >= 15 is 0 Å². The molecule has 0 radical (unpaired) electrons. The Balaban J connectivity index is 1.72. The molecule has 0 unspecified atom stereocenters. The average Bonchev–Trinajstić information content (AvgIpc) is 2.82. The van der Waals surface area contributed by atoms with Gasteiger partial charge in [0.15, 0.2) is 5.82 Å². The van der Waals surface area contributed by atoms with Crippen molar-refractivity contribution in [1.29, 1.82) is 0 Å². The molecule has 0 spiro atoms. The molecule has 0 bridgehead atoms. The van der Waals surface area contributed by atoms with Crippen molar-refractivity contribution in [2.75, 3.05) is 18.9 Å². The van der Waals surface area contributed by atoms with Crippen molar-refractivity contribution in [1.82, 2.24) is 20.1 Å². The summed E-state index contributed by atoms with van der Waals surface area (Å²) in [7, 11) is 1.84. The first-order valence-corrected chi connectivity index (χ1v) is 8.25. The summed E-state index contributed by atoms with van der Waals surface area (Å²) < 4.78 is 2.23. The summed E-state index contributed by atoms with van der Waals surface area (Å²) in [6.07, 6.45) is 5.09. The van der Waals surface area contributed by atoms with Crippen LogP contribution in [-0.4, -0.2) is 34.3 Å². The van der Waals surface area contributed by atoms with Gasteiger partial charge in [0.2, 0.25) is 5.91 Å². The van der Waals surface area contributed by atoms with Crippen LogP contribution in [0.2, 0.25) is 0 Å². The van der Waals surface area contributed by atoms with Gasteiger partial charge >= 0.3 is 0 Å². The van der Waals surface area contributed by atoms with Crippen LogP contribution in [0.4, 0.5) is 5.69 Å². The molecule has 0 aliphatic carbocycles. The van der Waals surface area contributed by atoms with Crippen LogP contribution in [0, 0.1) is 0 Å². The molecule has 6 nitrogen and oxygen atoms in total. The molecular formula is C17H23N5O. The summed E-state index contributed by atoms with van der Waals surface area (Å²) >= 11 is 0. The Hall–Kier alpha value is -2.21. The standard InChI is InChI=1S/C17H23N5O/c1-18-11-10-16(23)19-14-8-6-13(7-9-14)17-21-20-15-5-3-2-4-12-22(15)17/h6-9,18H,2-5,10-12H2,1H3,(H,19,23). The second kappa shape index (κ2) is 7.37. The lowest BCUT2D eigenvalue weighted by Gasteiger charge is -2.08. The van der Waals surface area contributed by atoms with E-state index in [9.17, 15) is 4.79 Å². The van der Waals surface area contributed by atoms with Gasteiger partial charge in [-0.1, -0.05) is 6.42 Å². The zero-order chi connectivity index (χ0) is 16.1. The molecule has 1 aromatic heterocycles. The molecule has 0 saturated heterocycles. The number of nitrogens with one attached hydrogen (secondary N) is 2. The van der Waals surface area contributed by atoms with E-state index in [-0.39, 0.29) is 5.91 Å². The van der Waals surface area contributed by atoms with Crippen molar-refractivity contribution in [3.63, 3.8) is 0 Å². The van der Waals surface area contributed by atoms with Gasteiger partial charge in [-0.25, -0.2) is 0 Å². The van der Waals surface area contributed by atoms with Crippen molar-refractivity contribution < 1.29 is 4.79 Å². The van der Waals surface area contributed by atoms with E-state index in [1.54, 1.807) is 0 Å². The molecule has 2 N–H and O–H groups in total. The summed E-state index contributed by atoms with van der Waals surface area (Å²) in [5.74, 6) is 2.03. The second-order valence-corrected chi connectivity index (χ2v) is 5.88. The number of fused-ring (bicyclic) bond motifs is 1. The Kier molecular flexibility index (Phi) is 5.02. The van der Waals surface area contributed by atoms with Crippen molar-refractivity contribution in [3.8, 4) is 11.4 Å². The normalized spacial score (nSPS) is 14.1. The predicted octanol–water partition coefficient (Wildman–Crippen LogP) is 2.22. The molecule has 6 heteroatoms. The third-order valence-corrected chi connectivity index (χ3v) is 4.14. The fourth-order valence-corrected chi connectivity index (χ4v) is 2.86. The third-order valence-electron chi connectivity index (χ3n) is 4.14. The molecule has 1 aliphatic heterocycles. The minimum atomic E-state index is 0.0171. The van der Waals surface area contributed by atoms with Crippen LogP contribution in [-0.2, 0) is 17.8 Å². The molecule has 1 aromatic carbocycles. The Labute approximate surface area is 136 Å². The van der Waals surface area contributed by atoms with E-state index in [0.717, 1.165) is 35.9 Å². The zero-order valence-corrected chi connectivity index (χ0v) is 13.5. The van der Waals surface area contributed by atoms with Crippen LogP contribution in [0.5, 0.6) is 0 Å². The lowest BCUT2D eigenvalue weighted by Crippen LogP contribution is -2.18. The van der Waals surface area contributed by atoms with Crippen LogP contribution in [0.1, 0.15) is 31.5 Å². The number of hydrogen-bond acceptors (Lipinski definition) is 4. The molecular weight excluding hydrogens is 290 g/mol. The minimum Gasteiger partial charge on any atom is -0.326 e. The third kappa shape index (κ3) is 3.76. The largest absolute Gasteiger partial charge is 0.326 e. The van der Waals surface area contributed by atoms with Gasteiger partial charge in [-0.05, 0) is 44.2 Å². The van der Waals surface area contributed by atoms with Crippen molar-refractivity contribution >= 4 is 11.6 Å². The maximum atomic E-state index is 11.7. The Bertz CT molecular complexity index is 662. The van der Waals surface area contributed by atoms with Crippen molar-refractivity contribution in [3.05, 3.63) is 30.1 Å². The molecule has 23 heavy (non-hydrogen) atoms. The van der Waals surface area contributed by atoms with E-state index in [4.69, 9.17) is 0 Å². The first kappa shape index (κ1) is 15.7. The molecule has 3 rings (SSSR count). The Morgan fingerprint density at radius 1 is 1.17 bits per heavy atom. The van der Waals surface area contributed by atoms with Gasteiger partial charge in [0, 0.05) is 37.2 Å². The minimum absolute atomic E-state index is 0.0171. The van der Waals surface area contributed by atoms with Crippen LogP contribution in [0.3, 0.4) is 0 Å². The lowest BCUT2D eigenvalue weighted by atomic mass is 10.2. The van der Waals surface area contributed by atoms with Gasteiger partial charge in [0.25, 0.3) is 0 Å². The van der Waals surface area contributed by atoms with E-state index in [0.29, 0.717) is 13.0 Å². The van der Waals surface area contributed by atoms with E-state index in [1.165, 1.54) is 19.3 Å². The van der Waals surface area contributed by atoms with Crippen LogP contribution in [0.25, 0.3) is 11.4 Å². The van der Waals surface area contributed by atoms with Gasteiger partial charge in [0.05, 0.1) is 0 Å². The van der Waals surface area contributed by atoms with Gasteiger partial charge in [-0.3, -0.25) is 4.79 Å². The highest BCUT2D eigenvalue weighted by Crippen LogP contribution is 2.23. The van der Waals surface area contributed by atoms with Crippen molar-refractivity contribution in [2.45, 2.75) is 38.6 Å². The number of benzene rings is 1. The molecule has 2 aromatic rings. The Morgan fingerprint density at radius 3 is 2.78 bits per heavy atom. The molecule has 0 fully saturated rings. The summed E-state index contributed by atoms with van der Waals surface area (Å²) in [5, 5.41) is 14.6. The average molecular weight is 313 g/mol. The highest BCUT2D eigenvalue weighted by Gasteiger charge is 2.15. The maximum absolute atomic E-state index is 11.7. The predicted molar refractivity (Wildman–Crippen MR) is 90.2 cm³/mol. The molecule has 1 amide bonds. The second-order valence-electron chi connectivity index (χ2n) is 5.88. The maximum Gasteiger partial charge on any atom is 0.225 e. The number of aromatic nitrogens is 3. The highest BCUT2D eigenvalue weighted by atomic mass is 16.1. The van der Waals surface area contributed by atoms with Gasteiger partial charge < -0.3 is 15.2 Å². The lowest BCUT2D eigenvalue weighted by molar-refractivity contribution is -0.116. The molecule has 122 valence electrons. The smallest absolute Gasteiger partial charge is 0.225 e. The van der Waals surface area contributed by atoms with Crippen molar-refractivity contribution in [2.24, 2.45) is 0 Å². The van der Waals surface area contributed by atoms with Crippen LogP contribution < -0.4 is 10.6 Å². The number of nitrogens with zero attached hydrogens (tertiary/aromatic N) is 3. The number of hydrogen-bond donors (Lipinski definition) is 2. The van der Waals surface area contributed by atoms with Crippen LogP contribution in [0.15, 0.2) is 24.3 Å². The molecule has 0 atom stereocenters. The number of rotatable bonds is 5. The fourth-order valence-electron chi connectivity index (χ4n) is 2.86. The topological polar surface area (TPSA) is 71.8 Å². The number of aryl methyl sites for hydroxylation is 1. The number of carbonyl (C=O) groups is 1. The summed E-state index contributed by atoms with van der Waals surface area (Å²) in [4.78, 5) is 11.7. The van der Waals surface area contributed by atoms with E-state index in [1.807, 2.05) is 31.3 Å². The first-order valence-electron chi connectivity index (χ1n) is 8.25. The SMILES string of the molecule is CNCCC(=O)Nc1ccc(-c2nnc3n2CCCCC3)cc1. The summed E-state index contributed by atoms with van der Waals surface area (Å²) in [5.41, 5.74) is 1.85. The molecule has 0 saturated carbocycles. The first-order chi connectivity index (χ1) is 11.3. The zero-order valence-electron chi connectivity index (χ0n) is 13.5. The Morgan fingerprint density at radius 2 is 2.00 bits per heavy atom. The van der Waals surface area contributed by atoms with Gasteiger partial charge in [-0.15, -0.1) is 10.2 Å². The monoisotopic (exact) mass is 313 g/mol. The number of carbonyl (C=O) groups excluding carboxylic acids is 1. The molecule has 1 aliphatic rings. The van der Waals surface area contributed by atoms with E-state index in [2.05, 4.69) is 25.4 Å². The van der Waals surface area contributed by atoms with Gasteiger partial charge in [0.1, 0.15) is 5.82 Å². The quantitative estimate of drug-likeness (QED) is 0.888. The van der Waals surface area contributed by atoms with E-state index < -0.39 is 0 Å². The fraction of sp³-hybridized carbons (Fsp3) is 0.471. The highest BCUT2D eigenvalue weighted by molar-refractivity contribution is 5.91.